The number of carbonyl (C=O) groups excluding carboxylic acids is 1. The summed E-state index contributed by atoms with van der Waals surface area (Å²) < 4.78 is 13.8. The summed E-state index contributed by atoms with van der Waals surface area (Å²) in [6, 6.07) is 8.41. The van der Waals surface area contributed by atoms with Crippen molar-refractivity contribution in [3.8, 4) is 6.07 Å². The maximum absolute atomic E-state index is 13.8. The van der Waals surface area contributed by atoms with Gasteiger partial charge in [-0.15, -0.1) is 11.3 Å². The number of hydrogen-bond acceptors (Lipinski definition) is 5. The highest BCUT2D eigenvalue weighted by molar-refractivity contribution is 7.12. The van der Waals surface area contributed by atoms with Crippen LogP contribution >= 0.6 is 11.3 Å². The quantitative estimate of drug-likeness (QED) is 0.688. The fraction of sp³-hybridized carbons (Fsp3) is 0.167. The van der Waals surface area contributed by atoms with Gasteiger partial charge in [-0.2, -0.15) is 5.26 Å². The molecule has 1 amide bonds. The molecule has 2 aromatic heterocycles. The fourth-order valence-corrected chi connectivity index (χ4v) is 3.21. The van der Waals surface area contributed by atoms with Gasteiger partial charge in [-0.25, -0.2) is 4.39 Å². The van der Waals surface area contributed by atoms with E-state index in [0.717, 1.165) is 0 Å². The first-order valence-corrected chi connectivity index (χ1v) is 8.52. The van der Waals surface area contributed by atoms with E-state index in [-0.39, 0.29) is 11.7 Å². The second kappa shape index (κ2) is 7.28. The Morgan fingerprint density at radius 3 is 2.96 bits per heavy atom. The van der Waals surface area contributed by atoms with Crippen LogP contribution in [0.4, 0.5) is 10.1 Å². The average Bonchev–Trinajstić information content (AvgIpc) is 3.13. The minimum atomic E-state index is -0.379. The largest absolute Gasteiger partial charge is 0.382 e. The molecule has 0 radical (unpaired) electrons. The fourth-order valence-electron chi connectivity index (χ4n) is 2.57. The minimum Gasteiger partial charge on any atom is -0.382 e. The summed E-state index contributed by atoms with van der Waals surface area (Å²) in [5.74, 6) is -0.519. The normalized spacial score (nSPS) is 10.4. The lowest BCUT2D eigenvalue weighted by Gasteiger charge is -2.13. The molecule has 2 N–H and O–H groups in total. The molecule has 0 saturated carbocycles. The van der Waals surface area contributed by atoms with Crippen molar-refractivity contribution in [2.45, 2.75) is 6.92 Å². The molecule has 0 aliphatic heterocycles. The van der Waals surface area contributed by atoms with Gasteiger partial charge in [-0.1, -0.05) is 6.07 Å². The van der Waals surface area contributed by atoms with Crippen LogP contribution < -0.4 is 10.6 Å². The van der Waals surface area contributed by atoms with Crippen LogP contribution in [0.15, 0.2) is 35.8 Å². The van der Waals surface area contributed by atoms with Crippen molar-refractivity contribution in [3.05, 3.63) is 57.7 Å². The van der Waals surface area contributed by atoms with Crippen molar-refractivity contribution in [3.63, 3.8) is 0 Å². The van der Waals surface area contributed by atoms with E-state index >= 15 is 0 Å². The number of hydrogen-bond donors (Lipinski definition) is 2. The zero-order valence-electron chi connectivity index (χ0n) is 13.5. The number of nitriles is 1. The van der Waals surface area contributed by atoms with E-state index in [9.17, 15) is 14.4 Å². The number of aryl methyl sites for hydroxylation is 1. The summed E-state index contributed by atoms with van der Waals surface area (Å²) >= 11 is 1.37. The SMILES string of the molecule is Cc1cc(F)cc2c(NCCNC(=O)c3cccs3)c(C#N)cnc12. The molecule has 0 aliphatic carbocycles. The van der Waals surface area contributed by atoms with Crippen molar-refractivity contribution < 1.29 is 9.18 Å². The Morgan fingerprint density at radius 1 is 1.40 bits per heavy atom. The zero-order valence-corrected chi connectivity index (χ0v) is 14.3. The Morgan fingerprint density at radius 2 is 2.24 bits per heavy atom. The van der Waals surface area contributed by atoms with Gasteiger partial charge >= 0.3 is 0 Å². The van der Waals surface area contributed by atoms with E-state index < -0.39 is 0 Å². The molecule has 2 heterocycles. The molecule has 126 valence electrons. The average molecular weight is 354 g/mol. The Hall–Kier alpha value is -2.98. The molecule has 0 atom stereocenters. The first-order valence-electron chi connectivity index (χ1n) is 7.64. The lowest BCUT2D eigenvalue weighted by molar-refractivity contribution is 0.0959. The predicted molar refractivity (Wildman–Crippen MR) is 96.3 cm³/mol. The van der Waals surface area contributed by atoms with Crippen molar-refractivity contribution in [2.75, 3.05) is 18.4 Å². The smallest absolute Gasteiger partial charge is 0.261 e. The summed E-state index contributed by atoms with van der Waals surface area (Å²) in [6.07, 6.45) is 1.47. The van der Waals surface area contributed by atoms with Crippen LogP contribution in [0.3, 0.4) is 0 Å². The second-order valence-electron chi connectivity index (χ2n) is 5.44. The highest BCUT2D eigenvalue weighted by atomic mass is 32.1. The van der Waals surface area contributed by atoms with Crippen molar-refractivity contribution >= 4 is 33.8 Å². The summed E-state index contributed by atoms with van der Waals surface area (Å²) in [6.45, 7) is 2.55. The number of aromatic nitrogens is 1. The number of rotatable bonds is 5. The van der Waals surface area contributed by atoms with Gasteiger partial charge in [0.05, 0.1) is 21.6 Å². The number of thiophene rings is 1. The molecule has 3 aromatic rings. The first kappa shape index (κ1) is 16.9. The van der Waals surface area contributed by atoms with Gasteiger partial charge in [0.25, 0.3) is 5.91 Å². The standard InChI is InChI=1S/C18H15FN4OS/c1-11-7-13(19)8-14-16(11)23-10-12(9-20)17(14)21-4-5-22-18(24)15-3-2-6-25-15/h2-3,6-8,10H,4-5H2,1H3,(H,21,23)(H,22,24). The summed E-state index contributed by atoms with van der Waals surface area (Å²) in [4.78, 5) is 16.8. The Labute approximate surface area is 148 Å². The predicted octanol–water partition coefficient (Wildman–Crippen LogP) is 3.46. The molecule has 7 heteroatoms. The van der Waals surface area contributed by atoms with Crippen molar-refractivity contribution in [1.29, 1.82) is 5.26 Å². The number of halogens is 1. The Kier molecular flexibility index (Phi) is 4.91. The lowest BCUT2D eigenvalue weighted by atomic mass is 10.1. The van der Waals surface area contributed by atoms with Crippen LogP contribution in [0.1, 0.15) is 20.8 Å². The summed E-state index contributed by atoms with van der Waals surface area (Å²) in [7, 11) is 0. The lowest BCUT2D eigenvalue weighted by Crippen LogP contribution is -2.28. The third-order valence-electron chi connectivity index (χ3n) is 3.70. The highest BCUT2D eigenvalue weighted by Gasteiger charge is 2.12. The van der Waals surface area contributed by atoms with E-state index in [4.69, 9.17) is 0 Å². The van der Waals surface area contributed by atoms with Crippen LogP contribution in [-0.2, 0) is 0 Å². The summed E-state index contributed by atoms with van der Waals surface area (Å²) in [5, 5.41) is 17.6. The van der Waals surface area contributed by atoms with Crippen LogP contribution in [-0.4, -0.2) is 24.0 Å². The molecule has 3 rings (SSSR count). The maximum Gasteiger partial charge on any atom is 0.261 e. The first-order chi connectivity index (χ1) is 12.1. The molecule has 0 saturated heterocycles. The van der Waals surface area contributed by atoms with Gasteiger partial charge in [0.15, 0.2) is 0 Å². The molecule has 0 spiro atoms. The monoisotopic (exact) mass is 354 g/mol. The number of benzene rings is 1. The van der Waals surface area contributed by atoms with Gasteiger partial charge < -0.3 is 10.6 Å². The Bertz CT molecular complexity index is 963. The minimum absolute atomic E-state index is 0.140. The molecular formula is C18H15FN4OS. The summed E-state index contributed by atoms with van der Waals surface area (Å²) in [5.41, 5.74) is 2.21. The van der Waals surface area contributed by atoms with Crippen LogP contribution in [0, 0.1) is 24.1 Å². The third-order valence-corrected chi connectivity index (χ3v) is 4.57. The number of amides is 1. The van der Waals surface area contributed by atoms with Gasteiger partial charge in [0, 0.05) is 24.7 Å². The van der Waals surface area contributed by atoms with E-state index in [0.29, 0.717) is 45.7 Å². The molecule has 25 heavy (non-hydrogen) atoms. The van der Waals surface area contributed by atoms with Crippen molar-refractivity contribution in [1.82, 2.24) is 10.3 Å². The number of carbonyl (C=O) groups is 1. The number of nitrogens with one attached hydrogen (secondary N) is 2. The van der Waals surface area contributed by atoms with E-state index in [2.05, 4.69) is 21.7 Å². The van der Waals surface area contributed by atoms with Crippen LogP contribution in [0.25, 0.3) is 10.9 Å². The van der Waals surface area contributed by atoms with E-state index in [1.807, 2.05) is 11.4 Å². The van der Waals surface area contributed by atoms with Gasteiger partial charge in [0.1, 0.15) is 11.9 Å². The zero-order chi connectivity index (χ0) is 17.8. The number of pyridine rings is 1. The molecule has 0 bridgehead atoms. The number of nitrogens with zero attached hydrogens (tertiary/aromatic N) is 2. The maximum atomic E-state index is 13.8. The van der Waals surface area contributed by atoms with E-state index in [1.165, 1.54) is 29.7 Å². The second-order valence-corrected chi connectivity index (χ2v) is 6.39. The van der Waals surface area contributed by atoms with Gasteiger partial charge in [0.2, 0.25) is 0 Å². The van der Waals surface area contributed by atoms with Crippen molar-refractivity contribution in [2.24, 2.45) is 0 Å². The number of anilines is 1. The molecular weight excluding hydrogens is 339 g/mol. The topological polar surface area (TPSA) is 77.8 Å². The molecule has 0 aliphatic rings. The number of fused-ring (bicyclic) bond motifs is 1. The molecule has 0 unspecified atom stereocenters. The third kappa shape index (κ3) is 3.59. The van der Waals surface area contributed by atoms with E-state index in [1.54, 1.807) is 13.0 Å². The molecule has 0 fully saturated rings. The highest BCUT2D eigenvalue weighted by Crippen LogP contribution is 2.28. The van der Waals surface area contributed by atoms with Crippen LogP contribution in [0.2, 0.25) is 0 Å². The van der Waals surface area contributed by atoms with Gasteiger partial charge in [-0.3, -0.25) is 9.78 Å². The molecule has 1 aromatic carbocycles. The van der Waals surface area contributed by atoms with Crippen LogP contribution in [0.5, 0.6) is 0 Å². The molecule has 5 nitrogen and oxygen atoms in total. The Balaban J connectivity index is 1.76. The van der Waals surface area contributed by atoms with Gasteiger partial charge in [-0.05, 0) is 36.1 Å².